The standard InChI is InChI=1S/C16H22N4O2/c1-19-10-11(9-17)8-14(19)12-2-4-13(5-3-12)20-7-6-18-15(21)16(20)22/h2-5,11,14H,6-10,17H2,1H3,(H,18,21). The van der Waals surface area contributed by atoms with Crippen molar-refractivity contribution in [1.82, 2.24) is 10.2 Å². The van der Waals surface area contributed by atoms with Crippen LogP contribution in [0, 0.1) is 5.92 Å². The van der Waals surface area contributed by atoms with Crippen molar-refractivity contribution < 1.29 is 9.59 Å². The molecule has 1 aromatic rings. The molecule has 2 amide bonds. The third kappa shape index (κ3) is 2.71. The highest BCUT2D eigenvalue weighted by molar-refractivity contribution is 6.41. The van der Waals surface area contributed by atoms with Crippen molar-refractivity contribution in [3.8, 4) is 0 Å². The first-order valence-electron chi connectivity index (χ1n) is 7.70. The summed E-state index contributed by atoms with van der Waals surface area (Å²) in [5.74, 6) is -0.473. The SMILES string of the molecule is CN1CC(CN)CC1c1ccc(N2CCNC(=O)C2=O)cc1. The van der Waals surface area contributed by atoms with Crippen molar-refractivity contribution in [1.29, 1.82) is 0 Å². The molecule has 1 aromatic carbocycles. The van der Waals surface area contributed by atoms with Gasteiger partial charge in [-0.2, -0.15) is 0 Å². The van der Waals surface area contributed by atoms with Gasteiger partial charge in [-0.1, -0.05) is 12.1 Å². The van der Waals surface area contributed by atoms with Gasteiger partial charge in [0.2, 0.25) is 0 Å². The number of rotatable bonds is 3. The minimum Gasteiger partial charge on any atom is -0.346 e. The van der Waals surface area contributed by atoms with Gasteiger partial charge in [0.25, 0.3) is 0 Å². The molecule has 0 aliphatic carbocycles. The number of nitrogens with zero attached hydrogens (tertiary/aromatic N) is 2. The number of nitrogens with two attached hydrogens (primary N) is 1. The Morgan fingerprint density at radius 2 is 2.00 bits per heavy atom. The van der Waals surface area contributed by atoms with Crippen LogP contribution in [0.1, 0.15) is 18.0 Å². The Morgan fingerprint density at radius 3 is 2.64 bits per heavy atom. The van der Waals surface area contributed by atoms with Crippen molar-refractivity contribution in [2.45, 2.75) is 12.5 Å². The molecule has 0 radical (unpaired) electrons. The fraction of sp³-hybridized carbons (Fsp3) is 0.500. The van der Waals surface area contributed by atoms with E-state index in [2.05, 4.69) is 29.4 Å². The first-order chi connectivity index (χ1) is 10.6. The van der Waals surface area contributed by atoms with Crippen molar-refractivity contribution in [3.63, 3.8) is 0 Å². The molecule has 0 bridgehead atoms. The average molecular weight is 302 g/mol. The summed E-state index contributed by atoms with van der Waals surface area (Å²) >= 11 is 0. The molecule has 2 unspecified atom stereocenters. The van der Waals surface area contributed by atoms with Crippen LogP contribution in [0.3, 0.4) is 0 Å². The molecule has 0 spiro atoms. The summed E-state index contributed by atoms with van der Waals surface area (Å²) in [5, 5.41) is 2.56. The number of likely N-dealkylation sites (tertiary alicyclic amines) is 1. The molecule has 3 N–H and O–H groups in total. The minimum absolute atomic E-state index is 0.378. The molecular weight excluding hydrogens is 280 g/mol. The normalized spacial score (nSPS) is 26.4. The Kier molecular flexibility index (Phi) is 4.13. The molecule has 2 saturated heterocycles. The largest absolute Gasteiger partial charge is 0.346 e. The van der Waals surface area contributed by atoms with E-state index in [1.165, 1.54) is 10.5 Å². The Balaban J connectivity index is 1.75. The van der Waals surface area contributed by atoms with Gasteiger partial charge in [-0.25, -0.2) is 0 Å². The van der Waals surface area contributed by atoms with Gasteiger partial charge < -0.3 is 16.0 Å². The number of benzene rings is 1. The maximum Gasteiger partial charge on any atom is 0.316 e. The molecule has 2 aliphatic heterocycles. The van der Waals surface area contributed by atoms with E-state index in [0.29, 0.717) is 25.0 Å². The minimum atomic E-state index is -0.531. The summed E-state index contributed by atoms with van der Waals surface area (Å²) in [6, 6.07) is 8.33. The number of nitrogens with one attached hydrogen (secondary N) is 1. The second-order valence-corrected chi connectivity index (χ2v) is 6.10. The van der Waals surface area contributed by atoms with E-state index in [0.717, 1.165) is 25.2 Å². The van der Waals surface area contributed by atoms with Gasteiger partial charge in [-0.15, -0.1) is 0 Å². The zero-order valence-corrected chi connectivity index (χ0v) is 12.8. The number of carbonyl (C=O) groups excluding carboxylic acids is 2. The summed E-state index contributed by atoms with van der Waals surface area (Å²) in [5.41, 5.74) is 7.79. The van der Waals surface area contributed by atoms with Crippen LogP contribution in [0.15, 0.2) is 24.3 Å². The third-order valence-corrected chi connectivity index (χ3v) is 4.62. The molecule has 22 heavy (non-hydrogen) atoms. The molecule has 3 rings (SSSR count). The fourth-order valence-corrected chi connectivity index (χ4v) is 3.37. The Hall–Kier alpha value is -1.92. The quantitative estimate of drug-likeness (QED) is 0.776. The molecule has 2 fully saturated rings. The van der Waals surface area contributed by atoms with Crippen LogP contribution in [0.5, 0.6) is 0 Å². The third-order valence-electron chi connectivity index (χ3n) is 4.62. The van der Waals surface area contributed by atoms with Gasteiger partial charge in [0.15, 0.2) is 0 Å². The van der Waals surface area contributed by atoms with Crippen LogP contribution >= 0.6 is 0 Å². The van der Waals surface area contributed by atoms with E-state index >= 15 is 0 Å². The van der Waals surface area contributed by atoms with E-state index in [-0.39, 0.29) is 0 Å². The molecular formula is C16H22N4O2. The zero-order valence-electron chi connectivity index (χ0n) is 12.8. The Labute approximate surface area is 130 Å². The van der Waals surface area contributed by atoms with Crippen LogP contribution in [-0.2, 0) is 9.59 Å². The van der Waals surface area contributed by atoms with E-state index in [1.807, 2.05) is 12.1 Å². The molecule has 6 heteroatoms. The molecule has 0 saturated carbocycles. The second kappa shape index (κ2) is 6.06. The second-order valence-electron chi connectivity index (χ2n) is 6.10. The average Bonchev–Trinajstić information content (AvgIpc) is 2.91. The highest BCUT2D eigenvalue weighted by atomic mass is 16.2. The lowest BCUT2D eigenvalue weighted by atomic mass is 9.99. The highest BCUT2D eigenvalue weighted by Gasteiger charge is 2.30. The lowest BCUT2D eigenvalue weighted by molar-refractivity contribution is -0.138. The van der Waals surface area contributed by atoms with E-state index < -0.39 is 11.8 Å². The van der Waals surface area contributed by atoms with Crippen molar-refractivity contribution in [2.24, 2.45) is 11.7 Å². The molecule has 0 aromatic heterocycles. The van der Waals surface area contributed by atoms with Gasteiger partial charge in [-0.05, 0) is 43.6 Å². The monoisotopic (exact) mass is 302 g/mol. The number of amides is 2. The maximum atomic E-state index is 11.9. The van der Waals surface area contributed by atoms with Crippen molar-refractivity contribution in [3.05, 3.63) is 29.8 Å². The van der Waals surface area contributed by atoms with E-state index in [1.54, 1.807) is 0 Å². The van der Waals surface area contributed by atoms with Gasteiger partial charge in [0.1, 0.15) is 0 Å². The lowest BCUT2D eigenvalue weighted by Crippen LogP contribution is -2.52. The van der Waals surface area contributed by atoms with Gasteiger partial charge >= 0.3 is 11.8 Å². The van der Waals surface area contributed by atoms with Gasteiger partial charge in [0.05, 0.1) is 0 Å². The first kappa shape index (κ1) is 15.0. The predicted molar refractivity (Wildman–Crippen MR) is 84.3 cm³/mol. The molecule has 2 heterocycles. The summed E-state index contributed by atoms with van der Waals surface area (Å²) in [4.78, 5) is 27.2. The Morgan fingerprint density at radius 1 is 1.27 bits per heavy atom. The lowest BCUT2D eigenvalue weighted by Gasteiger charge is -2.27. The van der Waals surface area contributed by atoms with Crippen LogP contribution in [0.4, 0.5) is 5.69 Å². The highest BCUT2D eigenvalue weighted by Crippen LogP contribution is 2.34. The van der Waals surface area contributed by atoms with Crippen molar-refractivity contribution >= 4 is 17.5 Å². The first-order valence-corrected chi connectivity index (χ1v) is 7.70. The topological polar surface area (TPSA) is 78.7 Å². The van der Waals surface area contributed by atoms with E-state index in [9.17, 15) is 9.59 Å². The fourth-order valence-electron chi connectivity index (χ4n) is 3.37. The van der Waals surface area contributed by atoms with Gasteiger partial charge in [-0.3, -0.25) is 14.5 Å². The smallest absolute Gasteiger partial charge is 0.316 e. The van der Waals surface area contributed by atoms with Crippen LogP contribution in [0.25, 0.3) is 0 Å². The predicted octanol–water partition coefficient (Wildman–Crippen LogP) is 0.101. The van der Waals surface area contributed by atoms with Gasteiger partial charge in [0, 0.05) is 31.4 Å². The van der Waals surface area contributed by atoms with Crippen molar-refractivity contribution in [2.75, 3.05) is 38.1 Å². The summed E-state index contributed by atoms with van der Waals surface area (Å²) in [7, 11) is 2.12. The zero-order chi connectivity index (χ0) is 15.7. The molecule has 118 valence electrons. The summed E-state index contributed by atoms with van der Waals surface area (Å²) in [6.07, 6.45) is 1.07. The molecule has 2 aliphatic rings. The number of anilines is 1. The summed E-state index contributed by atoms with van der Waals surface area (Å²) < 4.78 is 0. The number of hydrogen-bond donors (Lipinski definition) is 2. The van der Waals surface area contributed by atoms with E-state index in [4.69, 9.17) is 5.73 Å². The number of hydrogen-bond acceptors (Lipinski definition) is 4. The molecule has 2 atom stereocenters. The van der Waals surface area contributed by atoms with Crippen LogP contribution in [0.2, 0.25) is 0 Å². The van der Waals surface area contributed by atoms with Crippen LogP contribution in [-0.4, -0.2) is 49.9 Å². The number of carbonyl (C=O) groups is 2. The molecule has 6 nitrogen and oxygen atoms in total. The Bertz CT molecular complexity index is 572. The summed E-state index contributed by atoms with van der Waals surface area (Å²) in [6.45, 7) is 2.75. The number of piperazine rings is 1. The van der Waals surface area contributed by atoms with Crippen LogP contribution < -0.4 is 16.0 Å². The maximum absolute atomic E-state index is 11.9.